The minimum absolute atomic E-state index is 0.107. The number of halogens is 6. The van der Waals surface area contributed by atoms with Crippen LogP contribution >= 0.6 is 35.1 Å². The number of hydrogen-bond acceptors (Lipinski definition) is 5. The zero-order chi connectivity index (χ0) is 24.2. The lowest BCUT2D eigenvalue weighted by Crippen LogP contribution is -2.46. The molecule has 1 N–H and O–H groups in total. The highest BCUT2D eigenvalue weighted by atomic mass is 35.5. The lowest BCUT2D eigenvalue weighted by atomic mass is 10.1. The number of alkyl halides is 3. The molecular formula is C21H21Cl2F4N3O2S. The van der Waals surface area contributed by atoms with E-state index in [1.165, 1.54) is 42.3 Å². The van der Waals surface area contributed by atoms with Gasteiger partial charge in [0.1, 0.15) is 11.6 Å². The van der Waals surface area contributed by atoms with E-state index < -0.39 is 23.8 Å². The van der Waals surface area contributed by atoms with Crippen LogP contribution in [0.25, 0.3) is 0 Å². The lowest BCUT2D eigenvalue weighted by Gasteiger charge is -2.36. The Morgan fingerprint density at radius 1 is 1.12 bits per heavy atom. The molecule has 33 heavy (non-hydrogen) atoms. The number of anilines is 1. The predicted octanol–water partition coefficient (Wildman–Crippen LogP) is 5.75. The van der Waals surface area contributed by atoms with Crippen LogP contribution in [0.15, 0.2) is 30.3 Å². The second-order valence-electron chi connectivity index (χ2n) is 7.21. The van der Waals surface area contributed by atoms with Crippen LogP contribution in [0.2, 0.25) is 10.0 Å². The van der Waals surface area contributed by atoms with Gasteiger partial charge >= 0.3 is 6.36 Å². The summed E-state index contributed by atoms with van der Waals surface area (Å²) in [6, 6.07) is 6.76. The monoisotopic (exact) mass is 525 g/mol. The fraction of sp³-hybridized carbons (Fsp3) is 0.381. The number of rotatable bonds is 7. The molecule has 0 bridgehead atoms. The van der Waals surface area contributed by atoms with Crippen LogP contribution in [-0.2, 0) is 6.54 Å². The average Bonchev–Trinajstić information content (AvgIpc) is 2.75. The van der Waals surface area contributed by atoms with Crippen molar-refractivity contribution in [2.75, 3.05) is 36.8 Å². The Kier molecular flexibility index (Phi) is 8.60. The number of nitrogens with zero attached hydrogens (tertiary/aromatic N) is 2. The number of amides is 1. The first-order valence-corrected chi connectivity index (χ1v) is 11.7. The van der Waals surface area contributed by atoms with Crippen LogP contribution < -0.4 is 14.4 Å². The number of nitrogens with one attached hydrogen (secondary N) is 1. The van der Waals surface area contributed by atoms with Crippen LogP contribution in [0.5, 0.6) is 5.75 Å². The van der Waals surface area contributed by atoms with E-state index in [-0.39, 0.29) is 10.6 Å². The van der Waals surface area contributed by atoms with Gasteiger partial charge in [0.25, 0.3) is 5.91 Å². The first-order valence-electron chi connectivity index (χ1n) is 10.00. The molecule has 5 nitrogen and oxygen atoms in total. The number of carbonyl (C=O) groups is 1. The maximum absolute atomic E-state index is 14.5. The molecule has 1 fully saturated rings. The topological polar surface area (TPSA) is 44.8 Å². The predicted molar refractivity (Wildman–Crippen MR) is 123 cm³/mol. The number of ether oxygens (including phenoxy) is 1. The third-order valence-electron chi connectivity index (χ3n) is 4.96. The van der Waals surface area contributed by atoms with Crippen molar-refractivity contribution < 1.29 is 27.1 Å². The highest BCUT2D eigenvalue weighted by Crippen LogP contribution is 2.33. The van der Waals surface area contributed by atoms with E-state index in [1.807, 2.05) is 11.8 Å². The van der Waals surface area contributed by atoms with E-state index in [2.05, 4.69) is 14.4 Å². The summed E-state index contributed by atoms with van der Waals surface area (Å²) in [5.74, 6) is -0.971. The van der Waals surface area contributed by atoms with Gasteiger partial charge in [0, 0.05) is 49.2 Å². The van der Waals surface area contributed by atoms with E-state index in [0.717, 1.165) is 0 Å². The Morgan fingerprint density at radius 3 is 2.42 bits per heavy atom. The molecule has 3 rings (SSSR count). The summed E-state index contributed by atoms with van der Waals surface area (Å²) in [5, 5.41) is 0.175. The van der Waals surface area contributed by atoms with Crippen molar-refractivity contribution in [3.05, 3.63) is 57.3 Å². The van der Waals surface area contributed by atoms with Crippen LogP contribution in [0.3, 0.4) is 0 Å². The molecule has 0 saturated carbocycles. The Balaban J connectivity index is 1.60. The van der Waals surface area contributed by atoms with Crippen LogP contribution in [-0.4, -0.2) is 49.1 Å². The Morgan fingerprint density at radius 2 is 1.82 bits per heavy atom. The van der Waals surface area contributed by atoms with Crippen molar-refractivity contribution in [3.8, 4) is 5.75 Å². The zero-order valence-electron chi connectivity index (χ0n) is 17.5. The number of hydrogen-bond donors (Lipinski definition) is 1. The number of piperazine rings is 1. The van der Waals surface area contributed by atoms with Crippen LogP contribution in [0.1, 0.15) is 22.8 Å². The molecule has 0 radical (unpaired) electrons. The molecule has 12 heteroatoms. The molecule has 1 amide bonds. The molecule has 0 unspecified atom stereocenters. The van der Waals surface area contributed by atoms with E-state index in [1.54, 1.807) is 0 Å². The Labute approximate surface area is 203 Å². The van der Waals surface area contributed by atoms with E-state index in [9.17, 15) is 22.4 Å². The largest absolute Gasteiger partial charge is 0.573 e. The van der Waals surface area contributed by atoms with Crippen molar-refractivity contribution in [1.29, 1.82) is 0 Å². The summed E-state index contributed by atoms with van der Waals surface area (Å²) in [7, 11) is 0. The van der Waals surface area contributed by atoms with Gasteiger partial charge in [-0.05, 0) is 35.9 Å². The minimum Gasteiger partial charge on any atom is -0.404 e. The second-order valence-corrected chi connectivity index (χ2v) is 9.10. The van der Waals surface area contributed by atoms with Gasteiger partial charge in [0.05, 0.1) is 10.6 Å². The minimum atomic E-state index is -4.81. The highest BCUT2D eigenvalue weighted by molar-refractivity contribution is 7.97. The molecule has 180 valence electrons. The summed E-state index contributed by atoms with van der Waals surface area (Å²) >= 11 is 13.4. The second kappa shape index (κ2) is 11.0. The molecule has 1 aliphatic rings. The van der Waals surface area contributed by atoms with Gasteiger partial charge in [-0.25, -0.2) is 4.39 Å². The van der Waals surface area contributed by atoms with E-state index in [4.69, 9.17) is 23.2 Å². The van der Waals surface area contributed by atoms with Crippen LogP contribution in [0, 0.1) is 5.82 Å². The number of carbonyl (C=O) groups excluding carboxylic acids is 1. The first-order chi connectivity index (χ1) is 15.6. The molecule has 1 saturated heterocycles. The van der Waals surface area contributed by atoms with Crippen molar-refractivity contribution in [2.24, 2.45) is 0 Å². The third kappa shape index (κ3) is 7.05. The zero-order valence-corrected chi connectivity index (χ0v) is 19.8. The van der Waals surface area contributed by atoms with Gasteiger partial charge in [-0.2, -0.15) is 0 Å². The first kappa shape index (κ1) is 25.7. The molecule has 2 aromatic rings. The SMILES string of the molecule is CCSNC(=O)c1cc(Cl)c(CN2CCN(c3ccc(OC(F)(F)F)c(Cl)c3)CC2)cc1F. The summed E-state index contributed by atoms with van der Waals surface area (Å²) in [6.45, 7) is 4.67. The summed E-state index contributed by atoms with van der Waals surface area (Å²) in [5.41, 5.74) is 1.14. The Hall–Kier alpha value is -1.88. The van der Waals surface area contributed by atoms with Gasteiger partial charge in [0.2, 0.25) is 0 Å². The van der Waals surface area contributed by atoms with Gasteiger partial charge in [-0.15, -0.1) is 13.2 Å². The molecule has 0 atom stereocenters. The normalized spacial score (nSPS) is 14.9. The summed E-state index contributed by atoms with van der Waals surface area (Å²) in [6.07, 6.45) is -4.81. The summed E-state index contributed by atoms with van der Waals surface area (Å²) in [4.78, 5) is 16.1. The van der Waals surface area contributed by atoms with Crippen molar-refractivity contribution in [1.82, 2.24) is 9.62 Å². The molecular weight excluding hydrogens is 505 g/mol. The fourth-order valence-electron chi connectivity index (χ4n) is 3.37. The highest BCUT2D eigenvalue weighted by Gasteiger charge is 2.32. The van der Waals surface area contributed by atoms with E-state index >= 15 is 0 Å². The average molecular weight is 526 g/mol. The third-order valence-corrected chi connectivity index (χ3v) is 6.23. The summed E-state index contributed by atoms with van der Waals surface area (Å²) < 4.78 is 58.1. The van der Waals surface area contributed by atoms with Crippen molar-refractivity contribution in [3.63, 3.8) is 0 Å². The van der Waals surface area contributed by atoms with E-state index in [0.29, 0.717) is 54.8 Å². The van der Waals surface area contributed by atoms with Gasteiger partial charge in [-0.1, -0.05) is 42.1 Å². The molecule has 0 spiro atoms. The molecule has 2 aromatic carbocycles. The van der Waals surface area contributed by atoms with Gasteiger partial charge in [0.15, 0.2) is 0 Å². The molecule has 0 aromatic heterocycles. The van der Waals surface area contributed by atoms with Crippen molar-refractivity contribution in [2.45, 2.75) is 19.8 Å². The lowest BCUT2D eigenvalue weighted by molar-refractivity contribution is -0.274. The molecule has 1 aliphatic heterocycles. The smallest absolute Gasteiger partial charge is 0.404 e. The van der Waals surface area contributed by atoms with Gasteiger partial charge in [-0.3, -0.25) is 14.4 Å². The molecule has 1 heterocycles. The maximum Gasteiger partial charge on any atom is 0.573 e. The van der Waals surface area contributed by atoms with Gasteiger partial charge < -0.3 is 9.64 Å². The maximum atomic E-state index is 14.5. The fourth-order valence-corrected chi connectivity index (χ4v) is 4.20. The Bertz CT molecular complexity index is 1000. The van der Waals surface area contributed by atoms with Crippen molar-refractivity contribution >= 4 is 46.7 Å². The number of benzene rings is 2. The quantitative estimate of drug-likeness (QED) is 0.368. The molecule has 0 aliphatic carbocycles. The van der Waals surface area contributed by atoms with Crippen LogP contribution in [0.4, 0.5) is 23.2 Å². The standard InChI is InChI=1S/C21H21Cl2F4N3O2S/c1-2-33-28-20(31)15-11-16(22)13(9-18(15)24)12-29-5-7-30(8-6-29)14-3-4-19(17(23)10-14)32-21(25,26)27/h3-4,9-11H,2,5-8,12H2,1H3,(H,28,31).